The Morgan fingerprint density at radius 2 is 2.16 bits per heavy atom. The van der Waals surface area contributed by atoms with E-state index in [0.29, 0.717) is 18.8 Å². The maximum Gasteiger partial charge on any atom is 0.271 e. The minimum Gasteiger partial charge on any atom is -0.385 e. The molecule has 0 aliphatic rings. The second kappa shape index (κ2) is 6.24. The van der Waals surface area contributed by atoms with E-state index in [1.807, 2.05) is 25.1 Å². The quantitative estimate of drug-likeness (QED) is 0.830. The highest BCUT2D eigenvalue weighted by Crippen LogP contribution is 2.13. The van der Waals surface area contributed by atoms with Crippen LogP contribution < -0.4 is 5.32 Å². The smallest absolute Gasteiger partial charge is 0.271 e. The highest BCUT2D eigenvalue weighted by atomic mass is 16.5. The Kier molecular flexibility index (Phi) is 4.41. The first kappa shape index (κ1) is 13.4. The first-order chi connectivity index (χ1) is 9.20. The highest BCUT2D eigenvalue weighted by molar-refractivity contribution is 5.95. The van der Waals surface area contributed by atoms with E-state index < -0.39 is 0 Å². The molecule has 2 rings (SSSR count). The summed E-state index contributed by atoms with van der Waals surface area (Å²) < 4.78 is 4.92. The van der Waals surface area contributed by atoms with Crippen molar-refractivity contribution < 1.29 is 9.53 Å². The predicted molar refractivity (Wildman–Crippen MR) is 73.1 cm³/mol. The average Bonchev–Trinajstić information content (AvgIpc) is 2.42. The number of nitrogens with one attached hydrogen (secondary N) is 1. The van der Waals surface area contributed by atoms with Crippen molar-refractivity contribution in [2.45, 2.75) is 13.3 Å². The second-order valence-corrected chi connectivity index (χ2v) is 4.39. The molecule has 5 nitrogen and oxygen atoms in total. The van der Waals surface area contributed by atoms with Gasteiger partial charge in [-0.05, 0) is 31.5 Å². The summed E-state index contributed by atoms with van der Waals surface area (Å²) in [6.45, 7) is 3.20. The molecule has 1 amide bonds. The van der Waals surface area contributed by atoms with E-state index in [9.17, 15) is 4.79 Å². The zero-order chi connectivity index (χ0) is 13.7. The Balaban J connectivity index is 2.09. The van der Waals surface area contributed by atoms with Crippen molar-refractivity contribution >= 4 is 16.8 Å². The van der Waals surface area contributed by atoms with Gasteiger partial charge in [-0.3, -0.25) is 4.79 Å². The first-order valence-electron chi connectivity index (χ1n) is 6.22. The number of methoxy groups -OCH3 is 1. The third-order valence-corrected chi connectivity index (χ3v) is 2.78. The van der Waals surface area contributed by atoms with E-state index in [-0.39, 0.29) is 5.91 Å². The van der Waals surface area contributed by atoms with Crippen LogP contribution in [0.1, 0.15) is 22.5 Å². The summed E-state index contributed by atoms with van der Waals surface area (Å²) in [6.07, 6.45) is 0.780. The van der Waals surface area contributed by atoms with Gasteiger partial charge < -0.3 is 10.1 Å². The molecule has 2 aromatic rings. The van der Waals surface area contributed by atoms with E-state index in [4.69, 9.17) is 4.74 Å². The molecule has 0 aliphatic heterocycles. The number of aryl methyl sites for hydroxylation is 1. The number of hydrogen-bond acceptors (Lipinski definition) is 4. The summed E-state index contributed by atoms with van der Waals surface area (Å²) in [5.74, 6) is -0.202. The van der Waals surface area contributed by atoms with Crippen LogP contribution in [0.25, 0.3) is 10.9 Å². The lowest BCUT2D eigenvalue weighted by molar-refractivity contribution is 0.0943. The van der Waals surface area contributed by atoms with Crippen LogP contribution in [0.3, 0.4) is 0 Å². The van der Waals surface area contributed by atoms with Crippen LogP contribution in [0.2, 0.25) is 0 Å². The van der Waals surface area contributed by atoms with Crippen LogP contribution in [0, 0.1) is 6.92 Å². The summed E-state index contributed by atoms with van der Waals surface area (Å²) in [5.41, 5.74) is 2.27. The monoisotopic (exact) mass is 259 g/mol. The molecule has 100 valence electrons. The van der Waals surface area contributed by atoms with Crippen LogP contribution in [0.15, 0.2) is 24.3 Å². The minimum atomic E-state index is -0.202. The molecular weight excluding hydrogens is 242 g/mol. The van der Waals surface area contributed by atoms with Crippen LogP contribution in [0.4, 0.5) is 0 Å². The van der Waals surface area contributed by atoms with E-state index in [0.717, 1.165) is 22.9 Å². The molecule has 0 radical (unpaired) electrons. The number of aromatic nitrogens is 2. The number of hydrogen-bond donors (Lipinski definition) is 1. The fourth-order valence-corrected chi connectivity index (χ4v) is 1.78. The number of amides is 1. The molecule has 0 fully saturated rings. The molecule has 0 bridgehead atoms. The number of benzene rings is 1. The minimum absolute atomic E-state index is 0.202. The molecule has 1 aromatic carbocycles. The Labute approximate surface area is 112 Å². The van der Waals surface area contributed by atoms with Gasteiger partial charge in [-0.2, -0.15) is 0 Å². The lowest BCUT2D eigenvalue weighted by Crippen LogP contribution is -2.26. The molecule has 0 spiro atoms. The van der Waals surface area contributed by atoms with E-state index in [1.54, 1.807) is 13.2 Å². The fourth-order valence-electron chi connectivity index (χ4n) is 1.78. The van der Waals surface area contributed by atoms with Crippen molar-refractivity contribution in [2.75, 3.05) is 20.3 Å². The lowest BCUT2D eigenvalue weighted by Gasteiger charge is -2.05. The van der Waals surface area contributed by atoms with E-state index in [1.165, 1.54) is 0 Å². The normalized spacial score (nSPS) is 10.6. The van der Waals surface area contributed by atoms with Crippen molar-refractivity contribution in [1.29, 1.82) is 0 Å². The van der Waals surface area contributed by atoms with Gasteiger partial charge in [0.05, 0.1) is 5.52 Å². The fraction of sp³-hybridized carbons (Fsp3) is 0.357. The molecule has 0 saturated heterocycles. The van der Waals surface area contributed by atoms with Gasteiger partial charge in [-0.25, -0.2) is 0 Å². The first-order valence-corrected chi connectivity index (χ1v) is 6.22. The number of ether oxygens (including phenoxy) is 1. The van der Waals surface area contributed by atoms with Gasteiger partial charge in [-0.15, -0.1) is 10.2 Å². The average molecular weight is 259 g/mol. The molecular formula is C14H17N3O2. The number of carbonyl (C=O) groups excluding carboxylic acids is 1. The molecule has 0 unspecified atom stereocenters. The van der Waals surface area contributed by atoms with Crippen molar-refractivity contribution in [1.82, 2.24) is 15.5 Å². The maximum absolute atomic E-state index is 11.9. The third kappa shape index (κ3) is 3.48. The number of carbonyl (C=O) groups is 1. The number of rotatable bonds is 5. The number of fused-ring (bicyclic) bond motifs is 1. The topological polar surface area (TPSA) is 64.1 Å². The summed E-state index contributed by atoms with van der Waals surface area (Å²) in [7, 11) is 1.64. The van der Waals surface area contributed by atoms with Crippen molar-refractivity contribution in [2.24, 2.45) is 0 Å². The molecule has 0 saturated carbocycles. The second-order valence-electron chi connectivity index (χ2n) is 4.39. The SMILES string of the molecule is COCCCNC(=O)c1cc2cc(C)ccc2nn1. The molecule has 0 aliphatic carbocycles. The van der Waals surface area contributed by atoms with Crippen molar-refractivity contribution in [3.05, 3.63) is 35.5 Å². The Bertz CT molecular complexity index is 584. The van der Waals surface area contributed by atoms with Gasteiger partial charge in [0.25, 0.3) is 5.91 Å². The van der Waals surface area contributed by atoms with Gasteiger partial charge in [-0.1, -0.05) is 11.6 Å². The van der Waals surface area contributed by atoms with Crippen LogP contribution in [-0.4, -0.2) is 36.4 Å². The molecule has 19 heavy (non-hydrogen) atoms. The van der Waals surface area contributed by atoms with Crippen LogP contribution >= 0.6 is 0 Å². The standard InChI is InChI=1S/C14H17N3O2/c1-10-4-5-12-11(8-10)9-13(17-16-12)14(18)15-6-3-7-19-2/h4-5,8-9H,3,6-7H2,1-2H3,(H,15,18). The van der Waals surface area contributed by atoms with Crippen LogP contribution in [-0.2, 0) is 4.74 Å². The van der Waals surface area contributed by atoms with Gasteiger partial charge in [0.1, 0.15) is 0 Å². The Morgan fingerprint density at radius 1 is 1.32 bits per heavy atom. The molecule has 0 atom stereocenters. The highest BCUT2D eigenvalue weighted by Gasteiger charge is 2.08. The zero-order valence-corrected chi connectivity index (χ0v) is 11.1. The van der Waals surface area contributed by atoms with Crippen LogP contribution in [0.5, 0.6) is 0 Å². The van der Waals surface area contributed by atoms with Gasteiger partial charge >= 0.3 is 0 Å². The Morgan fingerprint density at radius 3 is 2.95 bits per heavy atom. The summed E-state index contributed by atoms with van der Waals surface area (Å²) >= 11 is 0. The van der Waals surface area contributed by atoms with Gasteiger partial charge in [0.15, 0.2) is 5.69 Å². The molecule has 1 aromatic heterocycles. The maximum atomic E-state index is 11.9. The lowest BCUT2D eigenvalue weighted by atomic mass is 10.1. The van der Waals surface area contributed by atoms with E-state index >= 15 is 0 Å². The summed E-state index contributed by atoms with van der Waals surface area (Å²) in [6, 6.07) is 7.63. The largest absolute Gasteiger partial charge is 0.385 e. The molecule has 5 heteroatoms. The summed E-state index contributed by atoms with van der Waals surface area (Å²) in [4.78, 5) is 11.9. The van der Waals surface area contributed by atoms with Gasteiger partial charge in [0.2, 0.25) is 0 Å². The molecule has 1 N–H and O–H groups in total. The van der Waals surface area contributed by atoms with Crippen molar-refractivity contribution in [3.63, 3.8) is 0 Å². The zero-order valence-electron chi connectivity index (χ0n) is 11.1. The predicted octanol–water partition coefficient (Wildman–Crippen LogP) is 1.70. The summed E-state index contributed by atoms with van der Waals surface area (Å²) in [5, 5.41) is 11.7. The number of nitrogens with zero attached hydrogens (tertiary/aromatic N) is 2. The van der Waals surface area contributed by atoms with Gasteiger partial charge in [0, 0.05) is 25.6 Å². The molecule has 1 heterocycles. The van der Waals surface area contributed by atoms with Crippen molar-refractivity contribution in [3.8, 4) is 0 Å². The van der Waals surface area contributed by atoms with E-state index in [2.05, 4.69) is 15.5 Å². The Hall–Kier alpha value is -2.01. The third-order valence-electron chi connectivity index (χ3n) is 2.78.